The van der Waals surface area contributed by atoms with Gasteiger partial charge >= 0.3 is 0 Å². The molecule has 2 heterocycles. The van der Waals surface area contributed by atoms with Crippen molar-refractivity contribution in [2.45, 2.75) is 12.8 Å². The number of carbonyl (C=O) groups excluding carboxylic acids is 3. The first-order chi connectivity index (χ1) is 17.1. The van der Waals surface area contributed by atoms with Crippen LogP contribution in [0.15, 0.2) is 89.5 Å². The SMILES string of the molecule is O=C(CCc1ncc(-c2ccccc2)o1)Nc1ccc(C(=O)N2CC(=O)Nc3ccccc32)cc1. The van der Waals surface area contributed by atoms with Gasteiger partial charge in [-0.05, 0) is 36.4 Å². The summed E-state index contributed by atoms with van der Waals surface area (Å²) in [6.07, 6.45) is 2.23. The zero-order valence-corrected chi connectivity index (χ0v) is 18.7. The van der Waals surface area contributed by atoms with Gasteiger partial charge in [-0.1, -0.05) is 42.5 Å². The third kappa shape index (κ3) is 4.96. The molecule has 1 aliphatic rings. The van der Waals surface area contributed by atoms with Crippen molar-refractivity contribution in [3.8, 4) is 11.3 Å². The van der Waals surface area contributed by atoms with Crippen LogP contribution < -0.4 is 15.5 Å². The lowest BCUT2D eigenvalue weighted by molar-refractivity contribution is -0.116. The van der Waals surface area contributed by atoms with E-state index in [1.807, 2.05) is 36.4 Å². The van der Waals surface area contributed by atoms with Crippen molar-refractivity contribution in [1.82, 2.24) is 4.98 Å². The van der Waals surface area contributed by atoms with Gasteiger partial charge in [0, 0.05) is 29.7 Å². The second kappa shape index (κ2) is 9.64. The molecule has 0 saturated carbocycles. The van der Waals surface area contributed by atoms with E-state index >= 15 is 0 Å². The van der Waals surface area contributed by atoms with Crippen LogP contribution in [0.1, 0.15) is 22.7 Å². The summed E-state index contributed by atoms with van der Waals surface area (Å²) in [5.74, 6) is 0.428. The van der Waals surface area contributed by atoms with Gasteiger partial charge in [0.25, 0.3) is 5.91 Å². The number of hydrogen-bond donors (Lipinski definition) is 2. The highest BCUT2D eigenvalue weighted by Crippen LogP contribution is 2.30. The quantitative estimate of drug-likeness (QED) is 0.435. The largest absolute Gasteiger partial charge is 0.441 e. The molecule has 1 aromatic heterocycles. The topological polar surface area (TPSA) is 105 Å². The third-order valence-corrected chi connectivity index (χ3v) is 5.61. The Morgan fingerprint density at radius 2 is 1.71 bits per heavy atom. The number of anilines is 3. The van der Waals surface area contributed by atoms with E-state index in [1.54, 1.807) is 48.7 Å². The number of oxazole rings is 1. The van der Waals surface area contributed by atoms with E-state index in [0.717, 1.165) is 5.56 Å². The standard InChI is InChI=1S/C27H22N4O4/c32-24(14-15-26-28-16-23(35-26)18-6-2-1-3-7-18)29-20-12-10-19(11-13-20)27(34)31-17-25(33)30-21-8-4-5-9-22(21)31/h1-13,16H,14-15,17H2,(H,29,32)(H,30,33). The third-order valence-electron chi connectivity index (χ3n) is 5.61. The first-order valence-corrected chi connectivity index (χ1v) is 11.2. The molecule has 35 heavy (non-hydrogen) atoms. The van der Waals surface area contributed by atoms with Gasteiger partial charge < -0.3 is 15.1 Å². The molecule has 0 aliphatic carbocycles. The Morgan fingerprint density at radius 1 is 0.971 bits per heavy atom. The Morgan fingerprint density at radius 3 is 2.51 bits per heavy atom. The molecule has 1 aliphatic heterocycles. The van der Waals surface area contributed by atoms with E-state index in [1.165, 1.54) is 4.90 Å². The maximum Gasteiger partial charge on any atom is 0.258 e. The van der Waals surface area contributed by atoms with E-state index in [-0.39, 0.29) is 30.7 Å². The van der Waals surface area contributed by atoms with Crippen LogP contribution in [0.25, 0.3) is 11.3 Å². The fraction of sp³-hybridized carbons (Fsp3) is 0.111. The summed E-state index contributed by atoms with van der Waals surface area (Å²) in [5.41, 5.74) is 3.17. The van der Waals surface area contributed by atoms with Gasteiger partial charge in [0.2, 0.25) is 11.8 Å². The van der Waals surface area contributed by atoms with E-state index in [9.17, 15) is 14.4 Å². The summed E-state index contributed by atoms with van der Waals surface area (Å²) in [7, 11) is 0. The van der Waals surface area contributed by atoms with Gasteiger partial charge in [0.1, 0.15) is 6.54 Å². The average molecular weight is 466 g/mol. The van der Waals surface area contributed by atoms with Crippen LogP contribution in [0.5, 0.6) is 0 Å². The van der Waals surface area contributed by atoms with Crippen molar-refractivity contribution >= 4 is 34.8 Å². The molecule has 5 rings (SSSR count). The number of benzene rings is 3. The molecule has 0 bridgehead atoms. The lowest BCUT2D eigenvalue weighted by Crippen LogP contribution is -2.42. The fourth-order valence-corrected chi connectivity index (χ4v) is 3.87. The highest BCUT2D eigenvalue weighted by Gasteiger charge is 2.27. The number of aromatic nitrogens is 1. The van der Waals surface area contributed by atoms with Crippen molar-refractivity contribution in [2.75, 3.05) is 22.1 Å². The van der Waals surface area contributed by atoms with Gasteiger partial charge in [-0.15, -0.1) is 0 Å². The summed E-state index contributed by atoms with van der Waals surface area (Å²) >= 11 is 0. The summed E-state index contributed by atoms with van der Waals surface area (Å²) in [5, 5.41) is 5.59. The molecule has 8 heteroatoms. The molecule has 0 radical (unpaired) electrons. The Hall–Kier alpha value is -4.72. The van der Waals surface area contributed by atoms with Crippen LogP contribution in [0.4, 0.5) is 17.1 Å². The van der Waals surface area contributed by atoms with Crippen LogP contribution in [-0.2, 0) is 16.0 Å². The molecule has 2 N–H and O–H groups in total. The fourth-order valence-electron chi connectivity index (χ4n) is 3.87. The average Bonchev–Trinajstić information content (AvgIpc) is 3.37. The minimum atomic E-state index is -0.289. The molecule has 0 spiro atoms. The van der Waals surface area contributed by atoms with Gasteiger partial charge in [-0.3, -0.25) is 19.3 Å². The second-order valence-corrected chi connectivity index (χ2v) is 8.07. The normalized spacial score (nSPS) is 12.6. The van der Waals surface area contributed by atoms with E-state index < -0.39 is 0 Å². The Balaban J connectivity index is 1.18. The summed E-state index contributed by atoms with van der Waals surface area (Å²) in [4.78, 5) is 43.2. The van der Waals surface area contributed by atoms with E-state index in [4.69, 9.17) is 4.42 Å². The van der Waals surface area contributed by atoms with E-state index in [0.29, 0.717) is 40.7 Å². The molecule has 0 saturated heterocycles. The lowest BCUT2D eigenvalue weighted by atomic mass is 10.1. The Kier molecular flexibility index (Phi) is 6.09. The predicted molar refractivity (Wildman–Crippen MR) is 132 cm³/mol. The summed E-state index contributed by atoms with van der Waals surface area (Å²) in [6.45, 7) is -0.0544. The highest BCUT2D eigenvalue weighted by atomic mass is 16.4. The van der Waals surface area contributed by atoms with Crippen LogP contribution in [0.3, 0.4) is 0 Å². The number of amides is 3. The monoisotopic (exact) mass is 466 g/mol. The number of nitrogens with zero attached hydrogens (tertiary/aromatic N) is 2. The van der Waals surface area contributed by atoms with Crippen molar-refractivity contribution < 1.29 is 18.8 Å². The van der Waals surface area contributed by atoms with Gasteiger partial charge in [-0.2, -0.15) is 0 Å². The number of rotatable bonds is 6. The smallest absolute Gasteiger partial charge is 0.258 e. The Bertz CT molecular complexity index is 1380. The molecule has 0 atom stereocenters. The second-order valence-electron chi connectivity index (χ2n) is 8.07. The molecule has 0 unspecified atom stereocenters. The van der Waals surface area contributed by atoms with Crippen molar-refractivity contribution in [1.29, 1.82) is 0 Å². The van der Waals surface area contributed by atoms with Gasteiger partial charge in [-0.25, -0.2) is 4.98 Å². The summed E-state index contributed by atoms with van der Waals surface area (Å²) in [6, 6.07) is 23.4. The minimum absolute atomic E-state index is 0.0544. The van der Waals surface area contributed by atoms with Gasteiger partial charge in [0.05, 0.1) is 17.6 Å². The molecular weight excluding hydrogens is 444 g/mol. The lowest BCUT2D eigenvalue weighted by Gasteiger charge is -2.29. The van der Waals surface area contributed by atoms with Crippen LogP contribution in [-0.4, -0.2) is 29.3 Å². The molecule has 3 amide bonds. The number of nitrogens with one attached hydrogen (secondary N) is 2. The van der Waals surface area contributed by atoms with Crippen LogP contribution in [0.2, 0.25) is 0 Å². The number of aryl methyl sites for hydroxylation is 1. The molecule has 174 valence electrons. The number of fused-ring (bicyclic) bond motifs is 1. The maximum absolute atomic E-state index is 13.0. The van der Waals surface area contributed by atoms with Crippen molar-refractivity contribution in [2.24, 2.45) is 0 Å². The number of carbonyl (C=O) groups is 3. The van der Waals surface area contributed by atoms with Crippen molar-refractivity contribution in [3.05, 3.63) is 96.5 Å². The first-order valence-electron chi connectivity index (χ1n) is 11.2. The number of para-hydroxylation sites is 2. The molecule has 3 aromatic carbocycles. The number of hydrogen-bond acceptors (Lipinski definition) is 5. The minimum Gasteiger partial charge on any atom is -0.441 e. The maximum atomic E-state index is 13.0. The predicted octanol–water partition coefficient (Wildman–Crippen LogP) is 4.51. The summed E-state index contributed by atoms with van der Waals surface area (Å²) < 4.78 is 5.74. The van der Waals surface area contributed by atoms with Crippen LogP contribution >= 0.6 is 0 Å². The van der Waals surface area contributed by atoms with Gasteiger partial charge in [0.15, 0.2) is 11.7 Å². The highest BCUT2D eigenvalue weighted by molar-refractivity contribution is 6.15. The molecule has 4 aromatic rings. The Labute approximate surface area is 201 Å². The van der Waals surface area contributed by atoms with Crippen molar-refractivity contribution in [3.63, 3.8) is 0 Å². The zero-order valence-electron chi connectivity index (χ0n) is 18.7. The zero-order chi connectivity index (χ0) is 24.2. The molecule has 0 fully saturated rings. The molecule has 8 nitrogen and oxygen atoms in total. The van der Waals surface area contributed by atoms with Crippen LogP contribution in [0, 0.1) is 0 Å². The van der Waals surface area contributed by atoms with E-state index in [2.05, 4.69) is 15.6 Å². The first kappa shape index (κ1) is 22.1. The molecular formula is C27H22N4O4.